The number of carboxylic acids is 2. The topological polar surface area (TPSA) is 269 Å². The summed E-state index contributed by atoms with van der Waals surface area (Å²) < 4.78 is 1.98. The molecule has 3 aromatic carbocycles. The summed E-state index contributed by atoms with van der Waals surface area (Å²) in [6.07, 6.45) is 5.53. The zero-order chi connectivity index (χ0) is 43.0. The number of anilines is 1. The molecular formula is C41H37N6O11S2+. The van der Waals surface area contributed by atoms with E-state index in [4.69, 9.17) is 10.6 Å². The number of β-lactam (4-membered cyclic amide) rings is 1. The molecular weight excluding hydrogens is 817 g/mol. The molecule has 5 aromatic rings. The Balaban J connectivity index is 1.07. The van der Waals surface area contributed by atoms with Crippen LogP contribution in [0.4, 0.5) is 5.13 Å². The zero-order valence-corrected chi connectivity index (χ0v) is 33.4. The third-order valence-electron chi connectivity index (χ3n) is 9.81. The summed E-state index contributed by atoms with van der Waals surface area (Å²) in [5.74, 6) is -5.10. The molecule has 2 atom stereocenters. The molecule has 1 saturated heterocycles. The summed E-state index contributed by atoms with van der Waals surface area (Å²) in [6.45, 7) is 2.87. The first-order valence-corrected chi connectivity index (χ1v) is 20.0. The first kappa shape index (κ1) is 41.1. The smallest absolute Gasteiger partial charge is 0.352 e. The van der Waals surface area contributed by atoms with Crippen molar-refractivity contribution >= 4 is 74.5 Å². The second-order valence-electron chi connectivity index (χ2n) is 14.4. The Morgan fingerprint density at radius 1 is 0.983 bits per heavy atom. The number of oxime groups is 1. The molecule has 60 heavy (non-hydrogen) atoms. The van der Waals surface area contributed by atoms with Crippen LogP contribution in [-0.4, -0.2) is 92.8 Å². The van der Waals surface area contributed by atoms with Gasteiger partial charge in [0.1, 0.15) is 22.8 Å². The number of pyridine rings is 1. The highest BCUT2D eigenvalue weighted by Crippen LogP contribution is 2.41. The average molecular weight is 854 g/mol. The van der Waals surface area contributed by atoms with E-state index in [1.54, 1.807) is 18.2 Å². The highest BCUT2D eigenvalue weighted by Gasteiger charge is 2.54. The minimum Gasteiger partial charge on any atom is -0.504 e. The number of thioether (sulfide) groups is 1. The van der Waals surface area contributed by atoms with Crippen LogP contribution >= 0.6 is 23.1 Å². The molecule has 0 saturated carbocycles. The van der Waals surface area contributed by atoms with Gasteiger partial charge in [0.2, 0.25) is 5.60 Å². The summed E-state index contributed by atoms with van der Waals surface area (Å²) in [4.78, 5) is 61.2. The molecule has 2 aromatic heterocycles. The van der Waals surface area contributed by atoms with Crippen molar-refractivity contribution in [3.63, 3.8) is 0 Å². The van der Waals surface area contributed by atoms with E-state index in [1.165, 1.54) is 55.3 Å². The minimum absolute atomic E-state index is 0.00422. The van der Waals surface area contributed by atoms with Crippen LogP contribution in [0.1, 0.15) is 41.9 Å². The number of nitrogen functional groups attached to an aromatic ring is 1. The third-order valence-corrected chi connectivity index (χ3v) is 11.8. The molecule has 17 nitrogen and oxygen atoms in total. The number of carboxylic acid groups (broad SMARTS) is 2. The van der Waals surface area contributed by atoms with Crippen LogP contribution in [0.5, 0.6) is 23.0 Å². The summed E-state index contributed by atoms with van der Waals surface area (Å²) in [5.41, 5.74) is 6.78. The largest absolute Gasteiger partial charge is 0.504 e. The number of nitrogens with zero attached hydrogens (tertiary/aromatic N) is 4. The lowest BCUT2D eigenvalue weighted by Gasteiger charge is -2.49. The normalized spacial score (nSPS) is 16.8. The van der Waals surface area contributed by atoms with Gasteiger partial charge in [0.15, 0.2) is 52.3 Å². The number of allylic oxidation sites excluding steroid dienone is 1. The number of aliphatic carboxylic acids is 2. The maximum Gasteiger partial charge on any atom is 0.352 e. The second-order valence-corrected chi connectivity index (χ2v) is 16.3. The van der Waals surface area contributed by atoms with Crippen molar-refractivity contribution in [3.05, 3.63) is 118 Å². The molecule has 9 N–H and O–H groups in total. The average Bonchev–Trinajstić information content (AvgIpc) is 3.64. The Morgan fingerprint density at radius 3 is 2.35 bits per heavy atom. The van der Waals surface area contributed by atoms with Crippen LogP contribution in [0, 0.1) is 0 Å². The van der Waals surface area contributed by atoms with Crippen molar-refractivity contribution in [1.29, 1.82) is 0 Å². The number of nitrogens with two attached hydrogens (primary N) is 1. The highest BCUT2D eigenvalue weighted by atomic mass is 32.2. The van der Waals surface area contributed by atoms with Crippen LogP contribution in [0.15, 0.2) is 94.7 Å². The summed E-state index contributed by atoms with van der Waals surface area (Å²) >= 11 is 2.26. The van der Waals surface area contributed by atoms with Gasteiger partial charge in [0.25, 0.3) is 11.8 Å². The fraction of sp³-hybridized carbons (Fsp3) is 0.195. The fourth-order valence-electron chi connectivity index (χ4n) is 6.52. The van der Waals surface area contributed by atoms with E-state index in [0.29, 0.717) is 34.9 Å². The number of carbonyl (C=O) groups excluding carboxylic acids is 2. The van der Waals surface area contributed by atoms with Crippen LogP contribution in [-0.2, 0) is 37.0 Å². The van der Waals surface area contributed by atoms with Crippen LogP contribution in [0.2, 0.25) is 0 Å². The second kappa shape index (κ2) is 16.3. The van der Waals surface area contributed by atoms with E-state index < -0.39 is 46.5 Å². The first-order valence-electron chi connectivity index (χ1n) is 18.1. The number of carbonyl (C=O) groups is 4. The summed E-state index contributed by atoms with van der Waals surface area (Å²) in [7, 11) is 0. The molecule has 19 heteroatoms. The van der Waals surface area contributed by atoms with Gasteiger partial charge in [0.05, 0.1) is 11.8 Å². The zero-order valence-electron chi connectivity index (χ0n) is 31.8. The number of phenolic OH excluding ortho intramolecular Hbond substituents is 4. The predicted molar refractivity (Wildman–Crippen MR) is 220 cm³/mol. The van der Waals surface area contributed by atoms with Gasteiger partial charge in [-0.05, 0) is 60.2 Å². The van der Waals surface area contributed by atoms with Crippen molar-refractivity contribution in [2.45, 2.75) is 43.8 Å². The number of nitrogens with one attached hydrogen (secondary N) is 1. The minimum atomic E-state index is -1.80. The highest BCUT2D eigenvalue weighted by molar-refractivity contribution is 8.00. The van der Waals surface area contributed by atoms with Crippen molar-refractivity contribution < 1.29 is 59.2 Å². The molecule has 2 aliphatic rings. The summed E-state index contributed by atoms with van der Waals surface area (Å²) in [5, 5.41) is 68.5. The maximum atomic E-state index is 13.4. The quantitative estimate of drug-likeness (QED) is 0.0276. The van der Waals surface area contributed by atoms with Gasteiger partial charge in [-0.25, -0.2) is 14.6 Å². The van der Waals surface area contributed by atoms with Crippen molar-refractivity contribution in [2.75, 3.05) is 11.5 Å². The SMILES string of the molecule is CC(C)(O/N=C(\C(=O)NC1C(=O)N2C(C(=O)O)=C(/C=C/c3ccc(C[n+]4ccc5cc(O)c(O)cc5c4Cc4ccc(O)c(O)c4)cc3)CSC12)c1csc(N)n1)C(=O)O. The van der Waals surface area contributed by atoms with Crippen molar-refractivity contribution in [3.8, 4) is 23.0 Å². The number of phenols is 4. The Hall–Kier alpha value is -7.12. The molecule has 4 heterocycles. The monoisotopic (exact) mass is 853 g/mol. The van der Waals surface area contributed by atoms with Gasteiger partial charge < -0.3 is 46.5 Å². The van der Waals surface area contributed by atoms with Crippen molar-refractivity contribution in [2.24, 2.45) is 5.16 Å². The van der Waals surface area contributed by atoms with E-state index in [9.17, 15) is 49.8 Å². The van der Waals surface area contributed by atoms with Gasteiger partial charge in [-0.3, -0.25) is 14.5 Å². The molecule has 7 rings (SSSR count). The van der Waals surface area contributed by atoms with Crippen LogP contribution < -0.4 is 15.6 Å². The molecule has 0 bridgehead atoms. The third kappa shape index (κ3) is 8.25. The Morgan fingerprint density at radius 2 is 1.68 bits per heavy atom. The van der Waals surface area contributed by atoms with Gasteiger partial charge in [-0.15, -0.1) is 23.1 Å². The number of benzene rings is 3. The molecule has 1 fully saturated rings. The lowest BCUT2D eigenvalue weighted by atomic mass is 10.0. The number of aromatic hydroxyl groups is 4. The van der Waals surface area contributed by atoms with Crippen LogP contribution in [0.3, 0.4) is 0 Å². The standard InChI is InChI=1S/C41H36N6O11S2/c1-41(2,39(56)57)58-45-32(26-19-60-40(42)43-26)35(52)44-33-36(53)47-34(38(54)55)24(18-59-37(33)47)9-7-20-3-5-21(6-4-20)17-46-12-11-23-15-30(50)31(51)16-25(23)27(46)13-22-8-10-28(48)29(49)14-22/h3-12,14-16,19,33,37H,13,17-18H2,1-2H3,(H8,42,43,44,45,48,49,51,52,54,55,56,57)/p+1/b9-7+. The Labute approximate surface area is 349 Å². The number of fused-ring (bicyclic) bond motifs is 2. The Kier molecular flexibility index (Phi) is 11.1. The number of amides is 2. The van der Waals surface area contributed by atoms with E-state index in [1.807, 2.05) is 41.1 Å². The molecule has 0 aliphatic carbocycles. The number of rotatable bonds is 13. The van der Waals surface area contributed by atoms with Gasteiger partial charge in [0, 0.05) is 22.8 Å². The lowest BCUT2D eigenvalue weighted by molar-refractivity contribution is -0.693. The molecule has 2 unspecified atom stereocenters. The van der Waals surface area contributed by atoms with Gasteiger partial charge in [-0.1, -0.05) is 47.6 Å². The maximum absolute atomic E-state index is 13.4. The number of aromatic nitrogens is 2. The number of hydrogen-bond donors (Lipinski definition) is 8. The van der Waals surface area contributed by atoms with Crippen LogP contribution in [0.25, 0.3) is 16.8 Å². The Bertz CT molecular complexity index is 2680. The van der Waals surface area contributed by atoms with Crippen molar-refractivity contribution in [1.82, 2.24) is 15.2 Å². The molecule has 308 valence electrons. The van der Waals surface area contributed by atoms with E-state index >= 15 is 0 Å². The first-order chi connectivity index (χ1) is 28.5. The number of thiazole rings is 1. The summed E-state index contributed by atoms with van der Waals surface area (Å²) in [6, 6.07) is 15.7. The fourth-order valence-corrected chi connectivity index (χ4v) is 8.39. The molecule has 2 aliphatic heterocycles. The molecule has 0 spiro atoms. The molecule has 2 amide bonds. The van der Waals surface area contributed by atoms with E-state index in [0.717, 1.165) is 33.1 Å². The van der Waals surface area contributed by atoms with Gasteiger partial charge in [-0.2, -0.15) is 4.57 Å². The molecule has 0 radical (unpaired) electrons. The van der Waals surface area contributed by atoms with E-state index in [-0.39, 0.29) is 45.3 Å². The lowest BCUT2D eigenvalue weighted by Crippen LogP contribution is -2.71. The predicted octanol–water partition coefficient (Wildman–Crippen LogP) is 3.66. The van der Waals surface area contributed by atoms with Gasteiger partial charge >= 0.3 is 11.9 Å². The van der Waals surface area contributed by atoms with E-state index in [2.05, 4.69) is 15.5 Å². The number of hydrogen-bond acceptors (Lipinski definition) is 14.